The normalized spacial score (nSPS) is 13.8. The maximum Gasteiger partial charge on any atom is 0.407 e. The van der Waals surface area contributed by atoms with E-state index in [2.05, 4.69) is 29.6 Å². The lowest BCUT2D eigenvalue weighted by atomic mass is 9.98. The van der Waals surface area contributed by atoms with Crippen LogP contribution in [0.15, 0.2) is 48.5 Å². The van der Waals surface area contributed by atoms with Crippen molar-refractivity contribution >= 4 is 11.9 Å². The number of rotatable bonds is 5. The first-order chi connectivity index (χ1) is 11.6. The molecular formula is C19H20N2O3. The van der Waals surface area contributed by atoms with Gasteiger partial charge in [-0.05, 0) is 29.2 Å². The average molecular weight is 324 g/mol. The van der Waals surface area contributed by atoms with E-state index in [0.717, 1.165) is 11.1 Å². The van der Waals surface area contributed by atoms with E-state index in [1.807, 2.05) is 24.3 Å². The molecule has 2 aromatic rings. The quantitative estimate of drug-likeness (QED) is 0.885. The fourth-order valence-corrected chi connectivity index (χ4v) is 3.11. The van der Waals surface area contributed by atoms with Crippen molar-refractivity contribution in [1.29, 1.82) is 0 Å². The Balaban J connectivity index is 1.74. The van der Waals surface area contributed by atoms with E-state index in [1.54, 1.807) is 0 Å². The van der Waals surface area contributed by atoms with E-state index >= 15 is 0 Å². The summed E-state index contributed by atoms with van der Waals surface area (Å²) in [6.07, 6.45) is -0.623. The number of alkyl carbamates (subject to hydrolysis) is 1. The third-order valence-corrected chi connectivity index (χ3v) is 4.36. The molecule has 5 nitrogen and oxygen atoms in total. The Labute approximate surface area is 140 Å². The highest BCUT2D eigenvalue weighted by Gasteiger charge is 2.29. The monoisotopic (exact) mass is 324 g/mol. The summed E-state index contributed by atoms with van der Waals surface area (Å²) in [7, 11) is 0. The molecule has 1 aliphatic carbocycles. The first-order valence-corrected chi connectivity index (χ1v) is 7.94. The summed E-state index contributed by atoms with van der Waals surface area (Å²) in [5.41, 5.74) is 10.1. The van der Waals surface area contributed by atoms with Gasteiger partial charge in [-0.15, -0.1) is 0 Å². The standard InChI is InChI=1S/C19H20N2O3/c1-12(22)18(10-20)21-19(23)24-11-17-15-8-4-2-6-13(15)14-7-3-5-9-16(14)17/h2-9,17-18H,10-11,20H2,1H3,(H,21,23)/t18-/m1/s1. The van der Waals surface area contributed by atoms with E-state index in [-0.39, 0.29) is 24.9 Å². The Morgan fingerprint density at radius 1 is 1.08 bits per heavy atom. The Bertz CT molecular complexity index is 727. The number of ether oxygens (including phenoxy) is 1. The van der Waals surface area contributed by atoms with Crippen LogP contribution < -0.4 is 11.1 Å². The Morgan fingerprint density at radius 3 is 2.12 bits per heavy atom. The van der Waals surface area contributed by atoms with Gasteiger partial charge in [0, 0.05) is 12.5 Å². The predicted octanol–water partition coefficient (Wildman–Crippen LogP) is 2.44. The molecule has 0 aromatic heterocycles. The molecule has 0 saturated heterocycles. The van der Waals surface area contributed by atoms with Crippen LogP contribution in [-0.4, -0.2) is 31.1 Å². The smallest absolute Gasteiger partial charge is 0.407 e. The second-order valence-corrected chi connectivity index (χ2v) is 5.87. The minimum Gasteiger partial charge on any atom is -0.449 e. The van der Waals surface area contributed by atoms with Crippen molar-refractivity contribution in [2.45, 2.75) is 18.9 Å². The Morgan fingerprint density at radius 2 is 1.62 bits per heavy atom. The summed E-state index contributed by atoms with van der Waals surface area (Å²) in [4.78, 5) is 23.3. The minimum absolute atomic E-state index is 0.00296. The van der Waals surface area contributed by atoms with Gasteiger partial charge in [-0.1, -0.05) is 48.5 Å². The van der Waals surface area contributed by atoms with Gasteiger partial charge in [0.15, 0.2) is 5.78 Å². The molecule has 124 valence electrons. The second kappa shape index (κ2) is 6.84. The highest BCUT2D eigenvalue weighted by Crippen LogP contribution is 2.44. The molecule has 0 saturated carbocycles. The van der Waals surface area contributed by atoms with E-state index in [9.17, 15) is 9.59 Å². The van der Waals surface area contributed by atoms with Gasteiger partial charge in [0.2, 0.25) is 0 Å². The highest BCUT2D eigenvalue weighted by molar-refractivity contribution is 5.85. The minimum atomic E-state index is -0.708. The summed E-state index contributed by atoms with van der Waals surface area (Å²) < 4.78 is 5.36. The van der Waals surface area contributed by atoms with Crippen molar-refractivity contribution in [2.75, 3.05) is 13.2 Å². The maximum atomic E-state index is 12.0. The lowest BCUT2D eigenvalue weighted by Gasteiger charge is -2.17. The van der Waals surface area contributed by atoms with Crippen LogP contribution in [0.25, 0.3) is 11.1 Å². The number of Topliss-reactive ketones (excluding diaryl/α,β-unsaturated/α-hetero) is 1. The third kappa shape index (κ3) is 3.03. The van der Waals surface area contributed by atoms with Crippen LogP contribution in [0.3, 0.4) is 0 Å². The van der Waals surface area contributed by atoms with Crippen molar-refractivity contribution in [2.24, 2.45) is 5.73 Å². The number of carbonyl (C=O) groups is 2. The number of benzene rings is 2. The molecule has 0 heterocycles. The molecule has 0 aliphatic heterocycles. The van der Waals surface area contributed by atoms with Crippen LogP contribution >= 0.6 is 0 Å². The maximum absolute atomic E-state index is 12.0. The molecule has 0 spiro atoms. The van der Waals surface area contributed by atoms with Crippen molar-refractivity contribution in [1.82, 2.24) is 5.32 Å². The molecular weight excluding hydrogens is 304 g/mol. The van der Waals surface area contributed by atoms with Gasteiger partial charge in [-0.25, -0.2) is 4.79 Å². The Hall–Kier alpha value is -2.66. The number of hydrogen-bond donors (Lipinski definition) is 2. The zero-order valence-corrected chi connectivity index (χ0v) is 13.5. The molecule has 24 heavy (non-hydrogen) atoms. The molecule has 3 N–H and O–H groups in total. The van der Waals surface area contributed by atoms with Crippen molar-refractivity contribution in [3.63, 3.8) is 0 Å². The second-order valence-electron chi connectivity index (χ2n) is 5.87. The van der Waals surface area contributed by atoms with Gasteiger partial charge in [0.05, 0.1) is 0 Å². The predicted molar refractivity (Wildman–Crippen MR) is 91.7 cm³/mol. The first kappa shape index (κ1) is 16.2. The number of carbonyl (C=O) groups excluding carboxylic acids is 2. The van der Waals surface area contributed by atoms with E-state index in [1.165, 1.54) is 18.1 Å². The fraction of sp³-hybridized carbons (Fsp3) is 0.263. The number of nitrogens with one attached hydrogen (secondary N) is 1. The van der Waals surface area contributed by atoms with Gasteiger partial charge in [0.1, 0.15) is 12.6 Å². The average Bonchev–Trinajstić information content (AvgIpc) is 2.91. The van der Waals surface area contributed by atoms with Gasteiger partial charge in [-0.2, -0.15) is 0 Å². The zero-order chi connectivity index (χ0) is 17.1. The number of hydrogen-bond acceptors (Lipinski definition) is 4. The topological polar surface area (TPSA) is 81.4 Å². The van der Waals surface area contributed by atoms with Crippen LogP contribution in [0, 0.1) is 0 Å². The van der Waals surface area contributed by atoms with Crippen LogP contribution in [-0.2, 0) is 9.53 Å². The Kier molecular flexibility index (Phi) is 4.62. The molecule has 1 atom stereocenters. The number of fused-ring (bicyclic) bond motifs is 3. The van der Waals surface area contributed by atoms with Crippen LogP contribution in [0.1, 0.15) is 24.0 Å². The lowest BCUT2D eigenvalue weighted by molar-refractivity contribution is -0.118. The number of ketones is 1. The highest BCUT2D eigenvalue weighted by atomic mass is 16.5. The largest absolute Gasteiger partial charge is 0.449 e. The molecule has 1 amide bonds. The zero-order valence-electron chi connectivity index (χ0n) is 13.5. The summed E-state index contributed by atoms with van der Waals surface area (Å²) >= 11 is 0. The van der Waals surface area contributed by atoms with Crippen LogP contribution in [0.2, 0.25) is 0 Å². The van der Waals surface area contributed by atoms with Gasteiger partial charge in [0.25, 0.3) is 0 Å². The SMILES string of the molecule is CC(=O)[C@@H](CN)NC(=O)OCC1c2ccccc2-c2ccccc21. The molecule has 5 heteroatoms. The van der Waals surface area contributed by atoms with Gasteiger partial charge in [-0.3, -0.25) is 4.79 Å². The molecule has 2 aromatic carbocycles. The van der Waals surface area contributed by atoms with Gasteiger partial charge < -0.3 is 15.8 Å². The summed E-state index contributed by atoms with van der Waals surface area (Å²) in [5.74, 6) is -0.192. The third-order valence-electron chi connectivity index (χ3n) is 4.36. The molecule has 3 rings (SSSR count). The van der Waals surface area contributed by atoms with Gasteiger partial charge >= 0.3 is 6.09 Å². The van der Waals surface area contributed by atoms with Crippen LogP contribution in [0.4, 0.5) is 4.79 Å². The van der Waals surface area contributed by atoms with E-state index in [0.29, 0.717) is 0 Å². The van der Waals surface area contributed by atoms with Crippen molar-refractivity contribution in [3.8, 4) is 11.1 Å². The van der Waals surface area contributed by atoms with E-state index < -0.39 is 12.1 Å². The molecule has 0 radical (unpaired) electrons. The molecule has 0 fully saturated rings. The molecule has 0 unspecified atom stereocenters. The molecule has 0 bridgehead atoms. The van der Waals surface area contributed by atoms with Crippen molar-refractivity contribution in [3.05, 3.63) is 59.7 Å². The lowest BCUT2D eigenvalue weighted by Crippen LogP contribution is -2.45. The van der Waals surface area contributed by atoms with Crippen molar-refractivity contribution < 1.29 is 14.3 Å². The summed E-state index contributed by atoms with van der Waals surface area (Å²) in [6, 6.07) is 15.5. The first-order valence-electron chi connectivity index (χ1n) is 7.94. The summed E-state index contributed by atoms with van der Waals surface area (Å²) in [5, 5.41) is 2.50. The van der Waals surface area contributed by atoms with E-state index in [4.69, 9.17) is 10.5 Å². The molecule has 1 aliphatic rings. The number of nitrogens with two attached hydrogens (primary N) is 1. The summed E-state index contributed by atoms with van der Waals surface area (Å²) in [6.45, 7) is 1.66. The van der Waals surface area contributed by atoms with Crippen LogP contribution in [0.5, 0.6) is 0 Å². The number of amides is 1. The fourth-order valence-electron chi connectivity index (χ4n) is 3.11.